The number of carbonyl (C=O) groups excluding carboxylic acids is 1. The standard InChI is InChI=1S/C15H16N4O3/c1-10-9-11(19(21)22)6-7-12(10)15(20)17-13-5-4-8-16-14(13)18(2)3/h4-9H,1-3H3,(H,17,20). The van der Waals surface area contributed by atoms with Gasteiger partial charge in [-0.3, -0.25) is 14.9 Å². The lowest BCUT2D eigenvalue weighted by Gasteiger charge is -2.16. The maximum Gasteiger partial charge on any atom is 0.269 e. The van der Waals surface area contributed by atoms with E-state index in [-0.39, 0.29) is 11.6 Å². The van der Waals surface area contributed by atoms with E-state index in [1.807, 2.05) is 14.1 Å². The average Bonchev–Trinajstić information content (AvgIpc) is 2.47. The average molecular weight is 300 g/mol. The second-order valence-corrected chi connectivity index (χ2v) is 4.98. The van der Waals surface area contributed by atoms with Crippen LogP contribution in [0, 0.1) is 17.0 Å². The molecular weight excluding hydrogens is 284 g/mol. The first-order chi connectivity index (χ1) is 10.4. The maximum absolute atomic E-state index is 12.4. The molecule has 0 aliphatic carbocycles. The molecule has 1 heterocycles. The summed E-state index contributed by atoms with van der Waals surface area (Å²) >= 11 is 0. The van der Waals surface area contributed by atoms with E-state index in [9.17, 15) is 14.9 Å². The summed E-state index contributed by atoms with van der Waals surface area (Å²) < 4.78 is 0. The highest BCUT2D eigenvalue weighted by molar-refractivity contribution is 6.06. The second-order valence-electron chi connectivity index (χ2n) is 4.98. The molecular formula is C15H16N4O3. The molecule has 0 saturated carbocycles. The number of nitro groups is 1. The van der Waals surface area contributed by atoms with Crippen molar-refractivity contribution in [1.82, 2.24) is 4.98 Å². The molecule has 0 spiro atoms. The van der Waals surface area contributed by atoms with Crippen molar-refractivity contribution in [3.63, 3.8) is 0 Å². The number of anilines is 2. The molecule has 0 atom stereocenters. The third-order valence-corrected chi connectivity index (χ3v) is 3.12. The predicted octanol–water partition coefficient (Wildman–Crippen LogP) is 2.62. The number of carbonyl (C=O) groups is 1. The van der Waals surface area contributed by atoms with Crippen molar-refractivity contribution in [2.75, 3.05) is 24.3 Å². The number of hydrogen-bond acceptors (Lipinski definition) is 5. The molecule has 1 amide bonds. The zero-order chi connectivity index (χ0) is 16.3. The number of nitrogens with zero attached hydrogens (tertiary/aromatic N) is 3. The van der Waals surface area contributed by atoms with Gasteiger partial charge in [0.1, 0.15) is 0 Å². The fraction of sp³-hybridized carbons (Fsp3) is 0.200. The monoisotopic (exact) mass is 300 g/mol. The van der Waals surface area contributed by atoms with Crippen LogP contribution in [-0.4, -0.2) is 29.9 Å². The summed E-state index contributed by atoms with van der Waals surface area (Å²) in [5, 5.41) is 13.5. The maximum atomic E-state index is 12.4. The molecule has 0 bridgehead atoms. The van der Waals surface area contributed by atoms with E-state index in [1.54, 1.807) is 30.2 Å². The zero-order valence-electron chi connectivity index (χ0n) is 12.5. The summed E-state index contributed by atoms with van der Waals surface area (Å²) in [5.41, 5.74) is 1.47. The molecule has 1 aromatic heterocycles. The van der Waals surface area contributed by atoms with Crippen molar-refractivity contribution in [2.45, 2.75) is 6.92 Å². The van der Waals surface area contributed by atoms with Gasteiger partial charge in [0.05, 0.1) is 10.6 Å². The Hall–Kier alpha value is -2.96. The Balaban J connectivity index is 2.29. The molecule has 7 heteroatoms. The van der Waals surface area contributed by atoms with E-state index in [1.165, 1.54) is 18.2 Å². The third-order valence-electron chi connectivity index (χ3n) is 3.12. The third kappa shape index (κ3) is 3.20. The van der Waals surface area contributed by atoms with Crippen LogP contribution in [-0.2, 0) is 0 Å². The van der Waals surface area contributed by atoms with Gasteiger partial charge in [-0.15, -0.1) is 0 Å². The number of amides is 1. The molecule has 0 unspecified atom stereocenters. The fourth-order valence-corrected chi connectivity index (χ4v) is 2.06. The van der Waals surface area contributed by atoms with Gasteiger partial charge in [0.2, 0.25) is 0 Å². The number of aromatic nitrogens is 1. The van der Waals surface area contributed by atoms with Gasteiger partial charge in [-0.05, 0) is 30.7 Å². The first-order valence-corrected chi connectivity index (χ1v) is 6.59. The summed E-state index contributed by atoms with van der Waals surface area (Å²) in [4.78, 5) is 28.6. The second kappa shape index (κ2) is 6.21. The van der Waals surface area contributed by atoms with Crippen molar-refractivity contribution >= 4 is 23.1 Å². The molecule has 7 nitrogen and oxygen atoms in total. The molecule has 0 saturated heterocycles. The molecule has 0 radical (unpaired) electrons. The molecule has 0 fully saturated rings. The van der Waals surface area contributed by atoms with Gasteiger partial charge in [-0.25, -0.2) is 4.98 Å². The van der Waals surface area contributed by atoms with Crippen LogP contribution in [0.1, 0.15) is 15.9 Å². The minimum Gasteiger partial charge on any atom is -0.361 e. The number of nitrogens with one attached hydrogen (secondary N) is 1. The van der Waals surface area contributed by atoms with Gasteiger partial charge in [-0.2, -0.15) is 0 Å². The lowest BCUT2D eigenvalue weighted by molar-refractivity contribution is -0.384. The van der Waals surface area contributed by atoms with Gasteiger partial charge < -0.3 is 10.2 Å². The fourth-order valence-electron chi connectivity index (χ4n) is 2.06. The first kappa shape index (κ1) is 15.4. The van der Waals surface area contributed by atoms with Gasteiger partial charge in [0, 0.05) is 38.0 Å². The Labute approximate surface area is 127 Å². The molecule has 0 aliphatic heterocycles. The van der Waals surface area contributed by atoms with Crippen molar-refractivity contribution in [2.24, 2.45) is 0 Å². The van der Waals surface area contributed by atoms with E-state index >= 15 is 0 Å². The van der Waals surface area contributed by atoms with Crippen LogP contribution in [0.2, 0.25) is 0 Å². The smallest absolute Gasteiger partial charge is 0.269 e. The van der Waals surface area contributed by atoms with Gasteiger partial charge in [0.25, 0.3) is 11.6 Å². The highest BCUT2D eigenvalue weighted by Gasteiger charge is 2.15. The summed E-state index contributed by atoms with van der Waals surface area (Å²) in [6, 6.07) is 7.63. The number of rotatable bonds is 4. The normalized spacial score (nSPS) is 10.1. The van der Waals surface area contributed by atoms with E-state index in [2.05, 4.69) is 10.3 Å². The minimum atomic E-state index is -0.486. The molecule has 2 rings (SSSR count). The van der Waals surface area contributed by atoms with Crippen molar-refractivity contribution in [3.05, 3.63) is 57.8 Å². The van der Waals surface area contributed by atoms with Crippen LogP contribution in [0.4, 0.5) is 17.2 Å². The van der Waals surface area contributed by atoms with E-state index < -0.39 is 4.92 Å². The van der Waals surface area contributed by atoms with E-state index in [4.69, 9.17) is 0 Å². The Bertz CT molecular complexity index is 728. The number of hydrogen-bond donors (Lipinski definition) is 1. The Kier molecular flexibility index (Phi) is 4.36. The minimum absolute atomic E-state index is 0.0376. The molecule has 1 N–H and O–H groups in total. The van der Waals surface area contributed by atoms with Crippen LogP contribution in [0.3, 0.4) is 0 Å². The lowest BCUT2D eigenvalue weighted by Crippen LogP contribution is -2.18. The van der Waals surface area contributed by atoms with Crippen molar-refractivity contribution < 1.29 is 9.72 Å². The van der Waals surface area contributed by atoms with Crippen LogP contribution in [0.15, 0.2) is 36.5 Å². The molecule has 2 aromatic rings. The van der Waals surface area contributed by atoms with Crippen LogP contribution in [0.25, 0.3) is 0 Å². The number of pyridine rings is 1. The van der Waals surface area contributed by atoms with Crippen molar-refractivity contribution in [1.29, 1.82) is 0 Å². The van der Waals surface area contributed by atoms with Gasteiger partial charge >= 0.3 is 0 Å². The largest absolute Gasteiger partial charge is 0.361 e. The number of non-ortho nitro benzene ring substituents is 1. The highest BCUT2D eigenvalue weighted by Crippen LogP contribution is 2.23. The van der Waals surface area contributed by atoms with E-state index in [0.29, 0.717) is 22.6 Å². The highest BCUT2D eigenvalue weighted by atomic mass is 16.6. The Morgan fingerprint density at radius 1 is 1.32 bits per heavy atom. The zero-order valence-corrected chi connectivity index (χ0v) is 12.5. The SMILES string of the molecule is Cc1cc([N+](=O)[O-])ccc1C(=O)Nc1cccnc1N(C)C. The summed E-state index contributed by atoms with van der Waals surface area (Å²) in [5.74, 6) is 0.305. The Morgan fingerprint density at radius 3 is 2.64 bits per heavy atom. The van der Waals surface area contributed by atoms with E-state index in [0.717, 1.165) is 0 Å². The lowest BCUT2D eigenvalue weighted by atomic mass is 10.1. The van der Waals surface area contributed by atoms with Crippen molar-refractivity contribution in [3.8, 4) is 0 Å². The quantitative estimate of drug-likeness (QED) is 0.692. The summed E-state index contributed by atoms with van der Waals surface area (Å²) in [6.07, 6.45) is 1.64. The first-order valence-electron chi connectivity index (χ1n) is 6.59. The summed E-state index contributed by atoms with van der Waals surface area (Å²) in [6.45, 7) is 1.66. The van der Waals surface area contributed by atoms with Gasteiger partial charge in [-0.1, -0.05) is 0 Å². The van der Waals surface area contributed by atoms with Crippen LogP contribution < -0.4 is 10.2 Å². The van der Waals surface area contributed by atoms with Crippen LogP contribution in [0.5, 0.6) is 0 Å². The molecule has 22 heavy (non-hydrogen) atoms. The van der Waals surface area contributed by atoms with Gasteiger partial charge in [0.15, 0.2) is 5.82 Å². The number of nitro benzene ring substituents is 1. The van der Waals surface area contributed by atoms with Crippen LogP contribution >= 0.6 is 0 Å². The number of benzene rings is 1. The molecule has 114 valence electrons. The number of aryl methyl sites for hydroxylation is 1. The Morgan fingerprint density at radius 2 is 2.05 bits per heavy atom. The topological polar surface area (TPSA) is 88.4 Å². The molecule has 1 aromatic carbocycles. The molecule has 0 aliphatic rings. The predicted molar refractivity (Wildman–Crippen MR) is 84.4 cm³/mol. The summed E-state index contributed by atoms with van der Waals surface area (Å²) in [7, 11) is 3.66.